The van der Waals surface area contributed by atoms with Gasteiger partial charge in [0, 0.05) is 10.6 Å². The van der Waals surface area contributed by atoms with Gasteiger partial charge in [-0.15, -0.1) is 22.7 Å². The molecule has 7 heteroatoms. The van der Waals surface area contributed by atoms with Gasteiger partial charge in [-0.1, -0.05) is 18.2 Å². The van der Waals surface area contributed by atoms with E-state index >= 15 is 0 Å². The van der Waals surface area contributed by atoms with Crippen LogP contribution in [0, 0.1) is 13.8 Å². The van der Waals surface area contributed by atoms with Gasteiger partial charge in [-0.25, -0.2) is 0 Å². The Kier molecular flexibility index (Phi) is 5.83. The lowest BCUT2D eigenvalue weighted by Crippen LogP contribution is -2.35. The maximum atomic E-state index is 12.3. The van der Waals surface area contributed by atoms with E-state index in [-0.39, 0.29) is 12.3 Å². The van der Waals surface area contributed by atoms with Crippen molar-refractivity contribution in [2.24, 2.45) is 0 Å². The van der Waals surface area contributed by atoms with Crippen LogP contribution in [0.2, 0.25) is 0 Å². The van der Waals surface area contributed by atoms with Gasteiger partial charge in [-0.3, -0.25) is 14.4 Å². The number of thiophene rings is 2. The molecule has 0 fully saturated rings. The predicted octanol–water partition coefficient (Wildman–Crippen LogP) is 3.91. The van der Waals surface area contributed by atoms with Gasteiger partial charge in [-0.2, -0.15) is 0 Å². The van der Waals surface area contributed by atoms with E-state index in [1.807, 2.05) is 37.4 Å². The highest BCUT2D eigenvalue weighted by Crippen LogP contribution is 2.22. The summed E-state index contributed by atoms with van der Waals surface area (Å²) in [6.45, 7) is 4.03. The number of hydrogen-bond donors (Lipinski definition) is 2. The molecular formula is C20H18N2O3S2. The van der Waals surface area contributed by atoms with Crippen LogP contribution in [0.3, 0.4) is 0 Å². The van der Waals surface area contributed by atoms with Crippen molar-refractivity contribution in [3.8, 4) is 0 Å². The number of carbonyl (C=O) groups is 3. The number of nitrogens with one attached hydrogen (secondary N) is 2. The fourth-order valence-corrected chi connectivity index (χ4v) is 4.08. The second-order valence-electron chi connectivity index (χ2n) is 5.96. The zero-order chi connectivity index (χ0) is 19.4. The molecule has 0 bridgehead atoms. The third kappa shape index (κ3) is 4.50. The number of benzene rings is 1. The molecule has 0 radical (unpaired) electrons. The molecule has 2 aromatic heterocycles. The molecule has 27 heavy (non-hydrogen) atoms. The first-order valence-electron chi connectivity index (χ1n) is 8.28. The van der Waals surface area contributed by atoms with E-state index in [0.717, 1.165) is 16.0 Å². The molecule has 1 aromatic carbocycles. The van der Waals surface area contributed by atoms with Gasteiger partial charge in [0.25, 0.3) is 0 Å². The van der Waals surface area contributed by atoms with E-state index in [1.165, 1.54) is 22.7 Å². The van der Waals surface area contributed by atoms with Crippen molar-refractivity contribution in [3.63, 3.8) is 0 Å². The Labute approximate surface area is 165 Å². The van der Waals surface area contributed by atoms with Crippen molar-refractivity contribution in [2.75, 3.05) is 5.32 Å². The maximum Gasteiger partial charge on any atom is 0.313 e. The van der Waals surface area contributed by atoms with E-state index in [4.69, 9.17) is 0 Å². The lowest BCUT2D eigenvalue weighted by molar-refractivity contribution is -0.136. The van der Waals surface area contributed by atoms with Gasteiger partial charge in [0.15, 0.2) is 0 Å². The number of rotatable bonds is 5. The SMILES string of the molecule is Cc1cccc(NC(=O)C(=O)NCc2ccc(C(=O)c3cccs3)s2)c1C. The molecular weight excluding hydrogens is 380 g/mol. The first-order chi connectivity index (χ1) is 13.0. The Morgan fingerprint density at radius 1 is 0.926 bits per heavy atom. The Morgan fingerprint density at radius 2 is 1.74 bits per heavy atom. The average molecular weight is 399 g/mol. The van der Waals surface area contributed by atoms with Crippen LogP contribution in [0.4, 0.5) is 5.69 Å². The van der Waals surface area contributed by atoms with Gasteiger partial charge in [0.1, 0.15) is 0 Å². The molecule has 0 aliphatic rings. The maximum absolute atomic E-state index is 12.3. The highest BCUT2D eigenvalue weighted by atomic mass is 32.1. The molecule has 0 unspecified atom stereocenters. The molecule has 138 valence electrons. The number of amides is 2. The summed E-state index contributed by atoms with van der Waals surface area (Å²) in [5.41, 5.74) is 2.58. The van der Waals surface area contributed by atoms with Crippen LogP contribution >= 0.6 is 22.7 Å². The first kappa shape index (κ1) is 19.0. The van der Waals surface area contributed by atoms with E-state index in [1.54, 1.807) is 24.3 Å². The molecule has 3 aromatic rings. The average Bonchev–Trinajstić information content (AvgIpc) is 3.34. The van der Waals surface area contributed by atoms with E-state index in [2.05, 4.69) is 10.6 Å². The normalized spacial score (nSPS) is 10.4. The van der Waals surface area contributed by atoms with Crippen molar-refractivity contribution in [3.05, 3.63) is 73.6 Å². The molecule has 3 rings (SSSR count). The monoisotopic (exact) mass is 398 g/mol. The zero-order valence-electron chi connectivity index (χ0n) is 14.9. The molecule has 0 spiro atoms. The number of anilines is 1. The van der Waals surface area contributed by atoms with Crippen molar-refractivity contribution in [1.29, 1.82) is 0 Å². The van der Waals surface area contributed by atoms with Crippen molar-refractivity contribution < 1.29 is 14.4 Å². The molecule has 5 nitrogen and oxygen atoms in total. The van der Waals surface area contributed by atoms with Gasteiger partial charge >= 0.3 is 11.8 Å². The summed E-state index contributed by atoms with van der Waals surface area (Å²) in [4.78, 5) is 38.6. The van der Waals surface area contributed by atoms with E-state index < -0.39 is 11.8 Å². The van der Waals surface area contributed by atoms with Crippen LogP contribution in [0.15, 0.2) is 47.8 Å². The molecule has 2 N–H and O–H groups in total. The van der Waals surface area contributed by atoms with Crippen LogP contribution in [0.1, 0.15) is 30.6 Å². The molecule has 2 amide bonds. The summed E-state index contributed by atoms with van der Waals surface area (Å²) >= 11 is 2.71. The molecule has 0 saturated carbocycles. The van der Waals surface area contributed by atoms with Gasteiger partial charge in [0.2, 0.25) is 5.78 Å². The predicted molar refractivity (Wildman–Crippen MR) is 108 cm³/mol. The smallest absolute Gasteiger partial charge is 0.313 e. The lowest BCUT2D eigenvalue weighted by atomic mass is 10.1. The summed E-state index contributed by atoms with van der Waals surface area (Å²) in [5, 5.41) is 7.08. The van der Waals surface area contributed by atoms with Crippen molar-refractivity contribution >= 4 is 46.0 Å². The van der Waals surface area contributed by atoms with Crippen LogP contribution in [-0.2, 0) is 16.1 Å². The molecule has 0 aliphatic heterocycles. The Morgan fingerprint density at radius 3 is 2.48 bits per heavy atom. The summed E-state index contributed by atoms with van der Waals surface area (Å²) in [5.74, 6) is -1.45. The van der Waals surface area contributed by atoms with Crippen LogP contribution < -0.4 is 10.6 Å². The van der Waals surface area contributed by atoms with E-state index in [0.29, 0.717) is 15.4 Å². The molecule has 0 aliphatic carbocycles. The molecule has 2 heterocycles. The zero-order valence-corrected chi connectivity index (χ0v) is 16.5. The van der Waals surface area contributed by atoms with Gasteiger partial charge in [-0.05, 0) is 54.6 Å². The Hall–Kier alpha value is -2.77. The highest BCUT2D eigenvalue weighted by Gasteiger charge is 2.16. The summed E-state index contributed by atoms with van der Waals surface area (Å²) in [6, 6.07) is 12.7. The first-order valence-corrected chi connectivity index (χ1v) is 9.97. The molecule has 0 atom stereocenters. The minimum atomic E-state index is -0.713. The lowest BCUT2D eigenvalue weighted by Gasteiger charge is -2.10. The summed E-state index contributed by atoms with van der Waals surface area (Å²) in [6.07, 6.45) is 0. The Bertz CT molecular complexity index is 991. The fraction of sp³-hybridized carbons (Fsp3) is 0.150. The fourth-order valence-electron chi connectivity index (χ4n) is 2.44. The number of hydrogen-bond acceptors (Lipinski definition) is 5. The topological polar surface area (TPSA) is 75.3 Å². The van der Waals surface area contributed by atoms with Crippen molar-refractivity contribution in [2.45, 2.75) is 20.4 Å². The standard InChI is InChI=1S/C20H18N2O3S2/c1-12-5-3-6-15(13(12)2)22-20(25)19(24)21-11-14-8-9-17(27-14)18(23)16-7-4-10-26-16/h3-10H,11H2,1-2H3,(H,21,24)(H,22,25). The summed E-state index contributed by atoms with van der Waals surface area (Å²) < 4.78 is 0. The van der Waals surface area contributed by atoms with Crippen LogP contribution in [-0.4, -0.2) is 17.6 Å². The summed E-state index contributed by atoms with van der Waals surface area (Å²) in [7, 11) is 0. The second-order valence-corrected chi connectivity index (χ2v) is 8.07. The van der Waals surface area contributed by atoms with Crippen LogP contribution in [0.5, 0.6) is 0 Å². The van der Waals surface area contributed by atoms with Crippen LogP contribution in [0.25, 0.3) is 0 Å². The number of carbonyl (C=O) groups excluding carboxylic acids is 3. The second kappa shape index (κ2) is 8.28. The van der Waals surface area contributed by atoms with E-state index in [9.17, 15) is 14.4 Å². The highest BCUT2D eigenvalue weighted by molar-refractivity contribution is 7.16. The minimum absolute atomic E-state index is 0.0276. The minimum Gasteiger partial charge on any atom is -0.343 e. The quantitative estimate of drug-likeness (QED) is 0.505. The number of ketones is 1. The largest absolute Gasteiger partial charge is 0.343 e. The van der Waals surface area contributed by atoms with Crippen molar-refractivity contribution in [1.82, 2.24) is 5.32 Å². The third-order valence-corrected chi connectivity index (χ3v) is 6.07. The Balaban J connectivity index is 1.57. The number of aryl methyl sites for hydroxylation is 1. The third-order valence-electron chi connectivity index (χ3n) is 4.11. The van der Waals surface area contributed by atoms with Gasteiger partial charge in [0.05, 0.1) is 16.3 Å². The van der Waals surface area contributed by atoms with Gasteiger partial charge < -0.3 is 10.6 Å². The molecule has 0 saturated heterocycles.